The maximum absolute atomic E-state index is 12.5. The van der Waals surface area contributed by atoms with Crippen molar-refractivity contribution in [2.75, 3.05) is 46.1 Å². The first-order valence-corrected chi connectivity index (χ1v) is 7.20. The summed E-state index contributed by atoms with van der Waals surface area (Å²) in [6.07, 6.45) is 1.04. The number of benzene rings is 1. The lowest BCUT2D eigenvalue weighted by Gasteiger charge is -2.21. The van der Waals surface area contributed by atoms with E-state index in [2.05, 4.69) is 17.1 Å². The number of likely N-dealkylation sites (N-methyl/N-ethyl adjacent to an activating group) is 2. The average molecular weight is 277 g/mol. The normalized spacial score (nSPS) is 10.7. The summed E-state index contributed by atoms with van der Waals surface area (Å²) in [5, 5.41) is 3.35. The van der Waals surface area contributed by atoms with Crippen molar-refractivity contribution in [3.63, 3.8) is 0 Å². The fourth-order valence-corrected chi connectivity index (χ4v) is 1.91. The molecule has 0 unspecified atom stereocenters. The molecule has 0 aliphatic rings. The zero-order valence-electron chi connectivity index (χ0n) is 13.4. The van der Waals surface area contributed by atoms with E-state index in [1.165, 1.54) is 0 Å². The standard InChI is InChI=1S/C16H27N3O/c1-6-9-17-15-12-13(2)7-8-14(15)16(20)19(5)11-10-18(3)4/h7-8,12,17H,6,9-11H2,1-5H3. The van der Waals surface area contributed by atoms with E-state index in [1.807, 2.05) is 46.3 Å². The highest BCUT2D eigenvalue weighted by Crippen LogP contribution is 2.19. The van der Waals surface area contributed by atoms with Crippen molar-refractivity contribution in [1.82, 2.24) is 9.80 Å². The minimum absolute atomic E-state index is 0.0745. The smallest absolute Gasteiger partial charge is 0.255 e. The van der Waals surface area contributed by atoms with Gasteiger partial charge in [0.05, 0.1) is 5.56 Å². The molecule has 0 saturated carbocycles. The summed E-state index contributed by atoms with van der Waals surface area (Å²) in [4.78, 5) is 16.4. The van der Waals surface area contributed by atoms with Gasteiger partial charge in [-0.2, -0.15) is 0 Å². The first-order chi connectivity index (χ1) is 9.45. The summed E-state index contributed by atoms with van der Waals surface area (Å²) in [6, 6.07) is 5.95. The maximum Gasteiger partial charge on any atom is 0.255 e. The van der Waals surface area contributed by atoms with Crippen LogP contribution in [0, 0.1) is 6.92 Å². The summed E-state index contributed by atoms with van der Waals surface area (Å²) in [5.74, 6) is 0.0745. The molecular formula is C16H27N3O. The van der Waals surface area contributed by atoms with Crippen LogP contribution in [0.5, 0.6) is 0 Å². The Kier molecular flexibility index (Phi) is 6.52. The van der Waals surface area contributed by atoms with Crippen molar-refractivity contribution in [2.45, 2.75) is 20.3 Å². The monoisotopic (exact) mass is 277 g/mol. The zero-order chi connectivity index (χ0) is 15.1. The summed E-state index contributed by atoms with van der Waals surface area (Å²) < 4.78 is 0. The van der Waals surface area contributed by atoms with Crippen LogP contribution < -0.4 is 5.32 Å². The first-order valence-electron chi connectivity index (χ1n) is 7.20. The lowest BCUT2D eigenvalue weighted by Crippen LogP contribution is -2.33. The second-order valence-corrected chi connectivity index (χ2v) is 5.51. The van der Waals surface area contributed by atoms with Gasteiger partial charge in [0.25, 0.3) is 5.91 Å². The molecule has 4 heteroatoms. The van der Waals surface area contributed by atoms with Crippen LogP contribution in [0.2, 0.25) is 0 Å². The minimum atomic E-state index is 0.0745. The molecule has 0 aromatic heterocycles. The third-order valence-corrected chi connectivity index (χ3v) is 3.20. The summed E-state index contributed by atoms with van der Waals surface area (Å²) in [6.45, 7) is 6.64. The molecular weight excluding hydrogens is 250 g/mol. The maximum atomic E-state index is 12.5. The molecule has 0 bridgehead atoms. The second-order valence-electron chi connectivity index (χ2n) is 5.51. The Morgan fingerprint density at radius 1 is 1.20 bits per heavy atom. The Hall–Kier alpha value is -1.55. The van der Waals surface area contributed by atoms with Gasteiger partial charge in [0.15, 0.2) is 0 Å². The summed E-state index contributed by atoms with van der Waals surface area (Å²) in [7, 11) is 5.88. The van der Waals surface area contributed by atoms with Gasteiger partial charge >= 0.3 is 0 Å². The number of rotatable bonds is 7. The Morgan fingerprint density at radius 2 is 1.90 bits per heavy atom. The molecule has 0 spiro atoms. The molecule has 0 aliphatic carbocycles. The van der Waals surface area contributed by atoms with Crippen LogP contribution in [0.3, 0.4) is 0 Å². The molecule has 20 heavy (non-hydrogen) atoms. The highest BCUT2D eigenvalue weighted by Gasteiger charge is 2.15. The third-order valence-electron chi connectivity index (χ3n) is 3.20. The van der Waals surface area contributed by atoms with Crippen molar-refractivity contribution in [2.24, 2.45) is 0 Å². The molecule has 1 aromatic rings. The number of nitrogens with zero attached hydrogens (tertiary/aromatic N) is 2. The SMILES string of the molecule is CCCNc1cc(C)ccc1C(=O)N(C)CCN(C)C. The molecule has 0 saturated heterocycles. The third kappa shape index (κ3) is 4.85. The zero-order valence-corrected chi connectivity index (χ0v) is 13.4. The van der Waals surface area contributed by atoms with Gasteiger partial charge in [-0.05, 0) is 45.1 Å². The molecule has 0 radical (unpaired) electrons. The Labute approximate surface area is 122 Å². The Morgan fingerprint density at radius 3 is 2.50 bits per heavy atom. The average Bonchev–Trinajstić information content (AvgIpc) is 2.41. The van der Waals surface area contributed by atoms with Gasteiger partial charge in [-0.1, -0.05) is 13.0 Å². The van der Waals surface area contributed by atoms with Crippen LogP contribution >= 0.6 is 0 Å². The highest BCUT2D eigenvalue weighted by molar-refractivity contribution is 5.99. The van der Waals surface area contributed by atoms with Crippen molar-refractivity contribution in [1.29, 1.82) is 0 Å². The molecule has 1 N–H and O–H groups in total. The number of hydrogen-bond donors (Lipinski definition) is 1. The van der Waals surface area contributed by atoms with Gasteiger partial charge in [0, 0.05) is 32.4 Å². The van der Waals surface area contributed by atoms with E-state index in [4.69, 9.17) is 0 Å². The van der Waals surface area contributed by atoms with Gasteiger partial charge in [-0.15, -0.1) is 0 Å². The minimum Gasteiger partial charge on any atom is -0.384 e. The number of carbonyl (C=O) groups is 1. The van der Waals surface area contributed by atoms with Crippen molar-refractivity contribution >= 4 is 11.6 Å². The summed E-state index contributed by atoms with van der Waals surface area (Å²) in [5.41, 5.74) is 2.86. The predicted molar refractivity (Wildman–Crippen MR) is 85.5 cm³/mol. The fraction of sp³-hybridized carbons (Fsp3) is 0.562. The van der Waals surface area contributed by atoms with Gasteiger partial charge in [0.2, 0.25) is 0 Å². The van der Waals surface area contributed by atoms with E-state index in [0.29, 0.717) is 0 Å². The van der Waals surface area contributed by atoms with Crippen LogP contribution in [-0.2, 0) is 0 Å². The van der Waals surface area contributed by atoms with Crippen molar-refractivity contribution in [3.05, 3.63) is 29.3 Å². The predicted octanol–water partition coefficient (Wildman–Crippen LogP) is 2.45. The van der Waals surface area contributed by atoms with E-state index in [-0.39, 0.29) is 5.91 Å². The van der Waals surface area contributed by atoms with E-state index in [9.17, 15) is 4.79 Å². The van der Waals surface area contributed by atoms with Gasteiger partial charge in [-0.3, -0.25) is 4.79 Å². The quantitative estimate of drug-likeness (QED) is 0.831. The lowest BCUT2D eigenvalue weighted by molar-refractivity contribution is 0.0787. The van der Waals surface area contributed by atoms with Gasteiger partial charge in [0.1, 0.15) is 0 Å². The van der Waals surface area contributed by atoms with E-state index in [0.717, 1.165) is 42.9 Å². The second kappa shape index (κ2) is 7.90. The number of anilines is 1. The molecule has 112 valence electrons. The fourth-order valence-electron chi connectivity index (χ4n) is 1.91. The first kappa shape index (κ1) is 16.5. The number of carbonyl (C=O) groups excluding carboxylic acids is 1. The number of amides is 1. The highest BCUT2D eigenvalue weighted by atomic mass is 16.2. The molecule has 1 amide bonds. The number of nitrogens with one attached hydrogen (secondary N) is 1. The van der Waals surface area contributed by atoms with Gasteiger partial charge in [-0.25, -0.2) is 0 Å². The molecule has 1 rings (SSSR count). The van der Waals surface area contributed by atoms with Crippen LogP contribution in [0.1, 0.15) is 29.3 Å². The van der Waals surface area contributed by atoms with Crippen LogP contribution in [0.15, 0.2) is 18.2 Å². The molecule has 0 atom stereocenters. The Bertz CT molecular complexity index is 443. The number of aryl methyl sites for hydroxylation is 1. The van der Waals surface area contributed by atoms with Crippen LogP contribution in [0.4, 0.5) is 5.69 Å². The molecule has 0 heterocycles. The van der Waals surface area contributed by atoms with Crippen LogP contribution in [0.25, 0.3) is 0 Å². The summed E-state index contributed by atoms with van der Waals surface area (Å²) >= 11 is 0. The molecule has 4 nitrogen and oxygen atoms in total. The number of hydrogen-bond acceptors (Lipinski definition) is 3. The van der Waals surface area contributed by atoms with Crippen molar-refractivity contribution < 1.29 is 4.79 Å². The van der Waals surface area contributed by atoms with Crippen LogP contribution in [-0.4, -0.2) is 56.5 Å². The molecule has 1 aromatic carbocycles. The molecule has 0 fully saturated rings. The lowest BCUT2D eigenvalue weighted by atomic mass is 10.1. The van der Waals surface area contributed by atoms with E-state index in [1.54, 1.807) is 4.90 Å². The Balaban J connectivity index is 2.85. The largest absolute Gasteiger partial charge is 0.384 e. The molecule has 0 aliphatic heterocycles. The van der Waals surface area contributed by atoms with E-state index >= 15 is 0 Å². The van der Waals surface area contributed by atoms with Gasteiger partial charge < -0.3 is 15.1 Å². The van der Waals surface area contributed by atoms with Crippen molar-refractivity contribution in [3.8, 4) is 0 Å². The topological polar surface area (TPSA) is 35.6 Å². The van der Waals surface area contributed by atoms with E-state index < -0.39 is 0 Å².